The zero-order valence-corrected chi connectivity index (χ0v) is 12.1. The van der Waals surface area contributed by atoms with E-state index in [-0.39, 0.29) is 12.2 Å². The Balaban J connectivity index is 2.15. The first-order valence-corrected chi connectivity index (χ1v) is 7.15. The van der Waals surface area contributed by atoms with Crippen LogP contribution in [0.5, 0.6) is 0 Å². The van der Waals surface area contributed by atoms with Crippen molar-refractivity contribution in [3.8, 4) is 0 Å². The molecule has 0 unspecified atom stereocenters. The molecule has 1 aromatic carbocycles. The molecule has 0 saturated heterocycles. The summed E-state index contributed by atoms with van der Waals surface area (Å²) in [6.07, 6.45) is 3.42. The number of benzene rings is 1. The van der Waals surface area contributed by atoms with Crippen LogP contribution in [0.1, 0.15) is 48.5 Å². The number of halogens is 1. The first-order valence-electron chi connectivity index (χ1n) is 7.15. The van der Waals surface area contributed by atoms with Crippen LogP contribution in [-0.4, -0.2) is 23.2 Å². The third-order valence-corrected chi connectivity index (χ3v) is 4.28. The average molecular weight is 279 g/mol. The molecule has 1 aromatic rings. The summed E-state index contributed by atoms with van der Waals surface area (Å²) < 4.78 is 13.7. The van der Waals surface area contributed by atoms with Gasteiger partial charge in [-0.15, -0.1) is 0 Å². The molecule has 0 spiro atoms. The van der Waals surface area contributed by atoms with Crippen LogP contribution in [0, 0.1) is 18.7 Å². The van der Waals surface area contributed by atoms with Gasteiger partial charge in [-0.3, -0.25) is 4.79 Å². The second kappa shape index (κ2) is 5.92. The van der Waals surface area contributed by atoms with Crippen molar-refractivity contribution in [3.63, 3.8) is 0 Å². The van der Waals surface area contributed by atoms with E-state index in [0.717, 1.165) is 31.2 Å². The monoisotopic (exact) mass is 279 g/mol. The Labute approximate surface area is 119 Å². The number of aliphatic hydroxyl groups is 1. The van der Waals surface area contributed by atoms with E-state index in [1.807, 2.05) is 6.92 Å². The highest BCUT2D eigenvalue weighted by Crippen LogP contribution is 2.32. The van der Waals surface area contributed by atoms with Crippen molar-refractivity contribution in [2.24, 2.45) is 5.92 Å². The highest BCUT2D eigenvalue weighted by molar-refractivity contribution is 5.95. The normalized spacial score (nSPS) is 26.3. The Morgan fingerprint density at radius 2 is 2.10 bits per heavy atom. The number of rotatable bonds is 3. The molecule has 0 radical (unpaired) electrons. The van der Waals surface area contributed by atoms with Crippen molar-refractivity contribution in [1.29, 1.82) is 0 Å². The molecule has 0 heterocycles. The minimum absolute atomic E-state index is 0.0523. The van der Waals surface area contributed by atoms with Crippen molar-refractivity contribution in [2.45, 2.75) is 45.1 Å². The van der Waals surface area contributed by atoms with Crippen LogP contribution in [0.2, 0.25) is 0 Å². The first kappa shape index (κ1) is 15.0. The van der Waals surface area contributed by atoms with E-state index < -0.39 is 17.3 Å². The molecule has 1 amide bonds. The zero-order valence-electron chi connectivity index (χ0n) is 12.1. The van der Waals surface area contributed by atoms with Crippen LogP contribution in [-0.2, 0) is 0 Å². The number of amides is 1. The summed E-state index contributed by atoms with van der Waals surface area (Å²) in [7, 11) is 0. The van der Waals surface area contributed by atoms with Gasteiger partial charge in [0.1, 0.15) is 5.82 Å². The van der Waals surface area contributed by atoms with E-state index in [1.165, 1.54) is 6.07 Å². The van der Waals surface area contributed by atoms with Gasteiger partial charge in [-0.25, -0.2) is 4.39 Å². The predicted molar refractivity (Wildman–Crippen MR) is 76.1 cm³/mol. The molecule has 4 heteroatoms. The van der Waals surface area contributed by atoms with E-state index in [9.17, 15) is 14.3 Å². The van der Waals surface area contributed by atoms with Crippen LogP contribution >= 0.6 is 0 Å². The molecule has 1 saturated carbocycles. The van der Waals surface area contributed by atoms with Gasteiger partial charge in [-0.05, 0) is 50.7 Å². The molecule has 0 atom stereocenters. The molecule has 3 nitrogen and oxygen atoms in total. The Kier molecular flexibility index (Phi) is 4.43. The quantitative estimate of drug-likeness (QED) is 0.894. The Bertz CT molecular complexity index is 493. The number of carbonyl (C=O) groups excluding carboxylic acids is 1. The number of hydrogen-bond acceptors (Lipinski definition) is 2. The van der Waals surface area contributed by atoms with Gasteiger partial charge in [0.25, 0.3) is 5.91 Å². The van der Waals surface area contributed by atoms with Gasteiger partial charge < -0.3 is 10.4 Å². The minimum atomic E-state index is -0.597. The standard InChI is InChI=1S/C16H22FNO2/c1-11-5-7-16(10-19,8-6-11)18-15(20)13-9-12(2)3-4-14(13)17/h3-4,9,11,19H,5-8,10H2,1-2H3,(H,18,20). The van der Waals surface area contributed by atoms with Gasteiger partial charge in [-0.1, -0.05) is 18.6 Å². The van der Waals surface area contributed by atoms with Crippen molar-refractivity contribution in [2.75, 3.05) is 6.61 Å². The first-order chi connectivity index (χ1) is 9.46. The second-order valence-electron chi connectivity index (χ2n) is 6.06. The SMILES string of the molecule is Cc1ccc(F)c(C(=O)NC2(CO)CCC(C)CC2)c1. The van der Waals surface area contributed by atoms with Crippen molar-refractivity contribution in [1.82, 2.24) is 5.32 Å². The molecule has 1 fully saturated rings. The fraction of sp³-hybridized carbons (Fsp3) is 0.562. The van der Waals surface area contributed by atoms with Gasteiger partial charge in [-0.2, -0.15) is 0 Å². The minimum Gasteiger partial charge on any atom is -0.394 e. The maximum absolute atomic E-state index is 13.7. The molecule has 1 aliphatic rings. The second-order valence-corrected chi connectivity index (χ2v) is 6.06. The largest absolute Gasteiger partial charge is 0.394 e. The van der Waals surface area contributed by atoms with Gasteiger partial charge in [0.05, 0.1) is 17.7 Å². The molecule has 20 heavy (non-hydrogen) atoms. The zero-order chi connectivity index (χ0) is 14.8. The summed E-state index contributed by atoms with van der Waals surface area (Å²) in [6, 6.07) is 4.48. The molecule has 110 valence electrons. The fourth-order valence-corrected chi connectivity index (χ4v) is 2.76. The lowest BCUT2D eigenvalue weighted by Crippen LogP contribution is -2.53. The number of hydrogen-bond donors (Lipinski definition) is 2. The van der Waals surface area contributed by atoms with Gasteiger partial charge in [0.15, 0.2) is 0 Å². The summed E-state index contributed by atoms with van der Waals surface area (Å²) in [5.41, 5.74) is 0.295. The number of nitrogens with one attached hydrogen (secondary N) is 1. The van der Waals surface area contributed by atoms with Crippen LogP contribution < -0.4 is 5.32 Å². The van der Waals surface area contributed by atoms with Crippen LogP contribution in [0.4, 0.5) is 4.39 Å². The number of carbonyl (C=O) groups is 1. The molecule has 2 N–H and O–H groups in total. The van der Waals surface area contributed by atoms with E-state index in [2.05, 4.69) is 12.2 Å². The van der Waals surface area contributed by atoms with E-state index in [1.54, 1.807) is 12.1 Å². The topological polar surface area (TPSA) is 49.3 Å². The van der Waals surface area contributed by atoms with Crippen molar-refractivity contribution < 1.29 is 14.3 Å². The average Bonchev–Trinajstić information content (AvgIpc) is 2.44. The van der Waals surface area contributed by atoms with Crippen LogP contribution in [0.25, 0.3) is 0 Å². The lowest BCUT2D eigenvalue weighted by molar-refractivity contribution is 0.0713. The Morgan fingerprint density at radius 1 is 1.45 bits per heavy atom. The Hall–Kier alpha value is -1.42. The highest BCUT2D eigenvalue weighted by atomic mass is 19.1. The third kappa shape index (κ3) is 3.18. The summed E-state index contributed by atoms with van der Waals surface area (Å²) in [5, 5.41) is 12.5. The molecule has 0 aromatic heterocycles. The lowest BCUT2D eigenvalue weighted by atomic mass is 9.77. The summed E-state index contributed by atoms with van der Waals surface area (Å²) in [6.45, 7) is 3.89. The van der Waals surface area contributed by atoms with E-state index in [0.29, 0.717) is 5.92 Å². The number of aryl methyl sites for hydroxylation is 1. The molecule has 0 bridgehead atoms. The highest BCUT2D eigenvalue weighted by Gasteiger charge is 2.35. The third-order valence-electron chi connectivity index (χ3n) is 4.28. The molecular formula is C16H22FNO2. The van der Waals surface area contributed by atoms with Gasteiger partial charge >= 0.3 is 0 Å². The van der Waals surface area contributed by atoms with E-state index in [4.69, 9.17) is 0 Å². The number of aliphatic hydroxyl groups excluding tert-OH is 1. The maximum atomic E-state index is 13.7. The summed E-state index contributed by atoms with van der Waals surface area (Å²) >= 11 is 0. The molecular weight excluding hydrogens is 257 g/mol. The molecule has 0 aliphatic heterocycles. The maximum Gasteiger partial charge on any atom is 0.254 e. The van der Waals surface area contributed by atoms with Crippen LogP contribution in [0.15, 0.2) is 18.2 Å². The molecule has 1 aliphatic carbocycles. The van der Waals surface area contributed by atoms with Gasteiger partial charge in [0, 0.05) is 0 Å². The smallest absolute Gasteiger partial charge is 0.254 e. The molecule has 2 rings (SSSR count). The predicted octanol–water partition coefficient (Wildman–Crippen LogP) is 2.81. The summed E-state index contributed by atoms with van der Waals surface area (Å²) in [4.78, 5) is 12.3. The van der Waals surface area contributed by atoms with Crippen molar-refractivity contribution >= 4 is 5.91 Å². The van der Waals surface area contributed by atoms with Gasteiger partial charge in [0.2, 0.25) is 0 Å². The fourth-order valence-electron chi connectivity index (χ4n) is 2.76. The Morgan fingerprint density at radius 3 is 2.70 bits per heavy atom. The lowest BCUT2D eigenvalue weighted by Gasteiger charge is -2.38. The van der Waals surface area contributed by atoms with Crippen molar-refractivity contribution in [3.05, 3.63) is 35.1 Å². The summed E-state index contributed by atoms with van der Waals surface area (Å²) in [5.74, 6) is -0.345. The van der Waals surface area contributed by atoms with Crippen LogP contribution in [0.3, 0.4) is 0 Å². The van der Waals surface area contributed by atoms with E-state index >= 15 is 0 Å².